The molecular weight excluding hydrogens is 202 g/mol. The number of nitrogens with zero attached hydrogens (tertiary/aromatic N) is 2. The molecule has 86 valence electrons. The fraction of sp³-hybridized carbons (Fsp3) is 0.583. The van der Waals surface area contributed by atoms with Crippen molar-refractivity contribution in [2.75, 3.05) is 6.54 Å². The zero-order chi connectivity index (χ0) is 11.7. The van der Waals surface area contributed by atoms with E-state index >= 15 is 0 Å². The minimum absolute atomic E-state index is 0.0509. The Bertz CT molecular complexity index is 415. The van der Waals surface area contributed by atoms with E-state index in [0.29, 0.717) is 23.9 Å². The smallest absolute Gasteiger partial charge is 0.254 e. The number of nitrogens with one attached hydrogen (secondary N) is 1. The van der Waals surface area contributed by atoms with Crippen molar-refractivity contribution >= 4 is 5.91 Å². The summed E-state index contributed by atoms with van der Waals surface area (Å²) in [5.41, 5.74) is 1.52. The van der Waals surface area contributed by atoms with Gasteiger partial charge >= 0.3 is 0 Å². The predicted molar refractivity (Wildman–Crippen MR) is 61.3 cm³/mol. The molecule has 4 nitrogen and oxygen atoms in total. The Balaban J connectivity index is 2.35. The second-order valence-corrected chi connectivity index (χ2v) is 4.63. The molecule has 1 aromatic rings. The van der Waals surface area contributed by atoms with Gasteiger partial charge in [0.2, 0.25) is 0 Å². The summed E-state index contributed by atoms with van der Waals surface area (Å²) in [6.45, 7) is 7.11. The molecule has 1 amide bonds. The third-order valence-corrected chi connectivity index (χ3v) is 3.19. The molecule has 0 aromatic carbocycles. The molecule has 1 aliphatic heterocycles. The van der Waals surface area contributed by atoms with E-state index in [4.69, 9.17) is 0 Å². The highest BCUT2D eigenvalue weighted by Gasteiger charge is 2.21. The molecule has 4 heteroatoms. The SMILES string of the molecule is CC(C)[C@@H](C)c1ncc2c(n1)CCNC2=O. The molecule has 2 heterocycles. The summed E-state index contributed by atoms with van der Waals surface area (Å²) in [6, 6.07) is 0. The molecule has 16 heavy (non-hydrogen) atoms. The average Bonchev–Trinajstić information content (AvgIpc) is 2.28. The maximum absolute atomic E-state index is 11.5. The maximum atomic E-state index is 11.5. The van der Waals surface area contributed by atoms with Gasteiger partial charge in [0, 0.05) is 25.1 Å². The lowest BCUT2D eigenvalue weighted by Crippen LogP contribution is -2.33. The van der Waals surface area contributed by atoms with E-state index in [1.807, 2.05) is 0 Å². The number of fused-ring (bicyclic) bond motifs is 1. The summed E-state index contributed by atoms with van der Waals surface area (Å²) in [5.74, 6) is 1.64. The average molecular weight is 219 g/mol. The van der Waals surface area contributed by atoms with Crippen molar-refractivity contribution in [1.29, 1.82) is 0 Å². The molecular formula is C12H17N3O. The standard InChI is InChI=1S/C12H17N3O/c1-7(2)8(3)11-14-6-9-10(15-11)4-5-13-12(9)16/h6-8H,4-5H2,1-3H3,(H,13,16)/t8-/m1/s1. The third kappa shape index (κ3) is 1.92. The molecule has 0 aliphatic carbocycles. The van der Waals surface area contributed by atoms with Crippen LogP contribution in [-0.4, -0.2) is 22.4 Å². The van der Waals surface area contributed by atoms with E-state index in [9.17, 15) is 4.79 Å². The second-order valence-electron chi connectivity index (χ2n) is 4.63. The van der Waals surface area contributed by atoms with Crippen molar-refractivity contribution < 1.29 is 4.79 Å². The Labute approximate surface area is 95.5 Å². The minimum atomic E-state index is -0.0509. The lowest BCUT2D eigenvalue weighted by atomic mass is 9.97. The largest absolute Gasteiger partial charge is 0.352 e. The number of hydrogen-bond acceptors (Lipinski definition) is 3. The highest BCUT2D eigenvalue weighted by molar-refractivity contribution is 5.95. The van der Waals surface area contributed by atoms with Gasteiger partial charge in [0.05, 0.1) is 11.3 Å². The van der Waals surface area contributed by atoms with Crippen LogP contribution in [0, 0.1) is 5.92 Å². The summed E-state index contributed by atoms with van der Waals surface area (Å²) in [4.78, 5) is 20.3. The highest BCUT2D eigenvalue weighted by atomic mass is 16.1. The second kappa shape index (κ2) is 4.20. The molecule has 1 N–H and O–H groups in total. The molecule has 1 aromatic heterocycles. The topological polar surface area (TPSA) is 54.9 Å². The van der Waals surface area contributed by atoms with Crippen molar-refractivity contribution in [3.63, 3.8) is 0 Å². The van der Waals surface area contributed by atoms with Gasteiger partial charge in [0.1, 0.15) is 5.82 Å². The number of hydrogen-bond donors (Lipinski definition) is 1. The lowest BCUT2D eigenvalue weighted by Gasteiger charge is -2.19. The predicted octanol–water partition coefficient (Wildman–Crippen LogP) is 1.52. The molecule has 0 unspecified atom stereocenters. The Morgan fingerprint density at radius 2 is 2.12 bits per heavy atom. The number of amides is 1. The number of aromatic nitrogens is 2. The summed E-state index contributed by atoms with van der Waals surface area (Å²) in [7, 11) is 0. The normalized spacial score (nSPS) is 16.9. The van der Waals surface area contributed by atoms with Crippen molar-refractivity contribution in [3.8, 4) is 0 Å². The summed E-state index contributed by atoms with van der Waals surface area (Å²) in [6.07, 6.45) is 2.46. The fourth-order valence-electron chi connectivity index (χ4n) is 1.72. The van der Waals surface area contributed by atoms with E-state index in [1.54, 1.807) is 6.20 Å². The summed E-state index contributed by atoms with van der Waals surface area (Å²) >= 11 is 0. The first kappa shape index (κ1) is 11.0. The Hall–Kier alpha value is -1.45. The van der Waals surface area contributed by atoms with Crippen LogP contribution in [0.2, 0.25) is 0 Å². The molecule has 0 saturated carbocycles. The van der Waals surface area contributed by atoms with Crippen molar-refractivity contribution in [3.05, 3.63) is 23.3 Å². The van der Waals surface area contributed by atoms with Crippen molar-refractivity contribution in [2.45, 2.75) is 33.1 Å². The molecule has 1 atom stereocenters. The highest BCUT2D eigenvalue weighted by Crippen LogP contribution is 2.21. The molecule has 0 saturated heterocycles. The van der Waals surface area contributed by atoms with Crippen LogP contribution in [0.5, 0.6) is 0 Å². The van der Waals surface area contributed by atoms with Gasteiger partial charge in [0.15, 0.2) is 0 Å². The van der Waals surface area contributed by atoms with E-state index in [-0.39, 0.29) is 5.91 Å². The van der Waals surface area contributed by atoms with E-state index in [2.05, 4.69) is 36.1 Å². The van der Waals surface area contributed by atoms with Gasteiger partial charge in [-0.2, -0.15) is 0 Å². The van der Waals surface area contributed by atoms with Gasteiger partial charge in [-0.05, 0) is 5.92 Å². The lowest BCUT2D eigenvalue weighted by molar-refractivity contribution is 0.0944. The molecule has 0 bridgehead atoms. The van der Waals surface area contributed by atoms with Crippen LogP contribution in [0.25, 0.3) is 0 Å². The van der Waals surface area contributed by atoms with Gasteiger partial charge in [-0.3, -0.25) is 4.79 Å². The first-order chi connectivity index (χ1) is 7.59. The third-order valence-electron chi connectivity index (χ3n) is 3.19. The van der Waals surface area contributed by atoms with E-state index in [0.717, 1.165) is 17.9 Å². The first-order valence-corrected chi connectivity index (χ1v) is 5.73. The van der Waals surface area contributed by atoms with Crippen LogP contribution >= 0.6 is 0 Å². The van der Waals surface area contributed by atoms with Crippen molar-refractivity contribution in [1.82, 2.24) is 15.3 Å². The Kier molecular flexibility index (Phi) is 2.90. The fourth-order valence-corrected chi connectivity index (χ4v) is 1.72. The van der Waals surface area contributed by atoms with Gasteiger partial charge in [-0.1, -0.05) is 20.8 Å². The Morgan fingerprint density at radius 3 is 2.81 bits per heavy atom. The number of carbonyl (C=O) groups excluding carboxylic acids is 1. The van der Waals surface area contributed by atoms with E-state index in [1.165, 1.54) is 0 Å². The van der Waals surface area contributed by atoms with Gasteiger partial charge in [0.25, 0.3) is 5.91 Å². The number of rotatable bonds is 2. The van der Waals surface area contributed by atoms with Crippen LogP contribution in [0.15, 0.2) is 6.20 Å². The van der Waals surface area contributed by atoms with Gasteiger partial charge < -0.3 is 5.32 Å². The molecule has 2 rings (SSSR count). The zero-order valence-corrected chi connectivity index (χ0v) is 9.95. The van der Waals surface area contributed by atoms with Crippen LogP contribution in [0.3, 0.4) is 0 Å². The van der Waals surface area contributed by atoms with E-state index < -0.39 is 0 Å². The van der Waals surface area contributed by atoms with Crippen LogP contribution in [0.4, 0.5) is 0 Å². The van der Waals surface area contributed by atoms with Crippen molar-refractivity contribution in [2.24, 2.45) is 5.92 Å². The molecule has 0 spiro atoms. The molecule has 0 radical (unpaired) electrons. The van der Waals surface area contributed by atoms with Crippen LogP contribution in [0.1, 0.15) is 48.6 Å². The zero-order valence-electron chi connectivity index (χ0n) is 9.95. The number of carbonyl (C=O) groups is 1. The summed E-state index contributed by atoms with van der Waals surface area (Å²) in [5, 5.41) is 2.79. The molecule has 0 fully saturated rings. The summed E-state index contributed by atoms with van der Waals surface area (Å²) < 4.78 is 0. The monoisotopic (exact) mass is 219 g/mol. The van der Waals surface area contributed by atoms with Crippen LogP contribution in [-0.2, 0) is 6.42 Å². The molecule has 1 aliphatic rings. The Morgan fingerprint density at radius 1 is 1.38 bits per heavy atom. The van der Waals surface area contributed by atoms with Gasteiger partial charge in [-0.15, -0.1) is 0 Å². The van der Waals surface area contributed by atoms with Gasteiger partial charge in [-0.25, -0.2) is 9.97 Å². The minimum Gasteiger partial charge on any atom is -0.352 e. The quantitative estimate of drug-likeness (QED) is 0.820. The maximum Gasteiger partial charge on any atom is 0.254 e. The first-order valence-electron chi connectivity index (χ1n) is 5.73. The van der Waals surface area contributed by atoms with Crippen LogP contribution < -0.4 is 5.32 Å².